The number of nitrogens with zero attached hydrogens (tertiary/aromatic N) is 4. The number of ether oxygens (including phenoxy) is 1. The molecule has 1 unspecified atom stereocenters. The summed E-state index contributed by atoms with van der Waals surface area (Å²) in [5.41, 5.74) is 0. The Balaban J connectivity index is 0.00000392. The third-order valence-corrected chi connectivity index (χ3v) is 5.48. The summed E-state index contributed by atoms with van der Waals surface area (Å²) in [6.07, 6.45) is 1.90. The third-order valence-electron chi connectivity index (χ3n) is 4.33. The molecular weight excluding hydrogens is 491 g/mol. The summed E-state index contributed by atoms with van der Waals surface area (Å²) in [7, 11) is 3.48. The maximum atomic E-state index is 11.9. The molecule has 1 fully saturated rings. The largest absolute Gasteiger partial charge is 0.379 e. The molecule has 10 heteroatoms. The van der Waals surface area contributed by atoms with Gasteiger partial charge in [-0.25, -0.2) is 9.98 Å². The number of nitrogens with one attached hydrogen (secondary N) is 2. The van der Waals surface area contributed by atoms with Gasteiger partial charge in [0.15, 0.2) is 5.96 Å². The lowest BCUT2D eigenvalue weighted by Crippen LogP contribution is -2.45. The number of carbonyl (C=O) groups is 1. The minimum atomic E-state index is -0.0205. The number of halogens is 1. The molecule has 1 aliphatic rings. The number of aromatic nitrogens is 1. The van der Waals surface area contributed by atoms with Crippen LogP contribution in [0.3, 0.4) is 0 Å². The molecule has 2 N–H and O–H groups in total. The van der Waals surface area contributed by atoms with Gasteiger partial charge in [0.05, 0.1) is 18.2 Å². The molecule has 1 amide bonds. The van der Waals surface area contributed by atoms with E-state index in [0.717, 1.165) is 44.4 Å². The average Bonchev–Trinajstić information content (AvgIpc) is 3.10. The van der Waals surface area contributed by atoms with E-state index in [1.807, 2.05) is 6.20 Å². The highest BCUT2D eigenvalue weighted by Crippen LogP contribution is 2.20. The molecule has 0 radical (unpaired) electrons. The van der Waals surface area contributed by atoms with Crippen LogP contribution in [-0.4, -0.2) is 93.2 Å². The second-order valence-corrected chi connectivity index (χ2v) is 8.19. The van der Waals surface area contributed by atoms with Gasteiger partial charge in [0, 0.05) is 63.8 Å². The summed E-state index contributed by atoms with van der Waals surface area (Å²) >= 11 is 1.72. The Kier molecular flexibility index (Phi) is 11.9. The summed E-state index contributed by atoms with van der Waals surface area (Å²) < 4.78 is 5.38. The molecule has 160 valence electrons. The summed E-state index contributed by atoms with van der Waals surface area (Å²) in [4.78, 5) is 25.9. The molecule has 1 atom stereocenters. The molecule has 1 aliphatic heterocycles. The first-order chi connectivity index (χ1) is 13.0. The van der Waals surface area contributed by atoms with Crippen LogP contribution in [0.1, 0.15) is 22.7 Å². The van der Waals surface area contributed by atoms with Gasteiger partial charge >= 0.3 is 0 Å². The van der Waals surface area contributed by atoms with E-state index < -0.39 is 0 Å². The minimum Gasteiger partial charge on any atom is -0.379 e. The Morgan fingerprint density at radius 1 is 1.39 bits per heavy atom. The fourth-order valence-corrected chi connectivity index (χ4v) is 3.38. The second-order valence-electron chi connectivity index (χ2n) is 6.92. The van der Waals surface area contributed by atoms with E-state index in [9.17, 15) is 4.79 Å². The van der Waals surface area contributed by atoms with Crippen LogP contribution < -0.4 is 10.6 Å². The molecule has 1 saturated heterocycles. The number of amides is 1. The van der Waals surface area contributed by atoms with E-state index in [2.05, 4.69) is 39.4 Å². The van der Waals surface area contributed by atoms with E-state index in [-0.39, 0.29) is 42.3 Å². The number of thiazole rings is 1. The zero-order chi connectivity index (χ0) is 19.6. The fraction of sp³-hybridized carbons (Fsp3) is 0.722. The molecule has 0 saturated carbocycles. The topological polar surface area (TPSA) is 82.1 Å². The number of rotatable bonds is 8. The minimum absolute atomic E-state index is 0. The third kappa shape index (κ3) is 9.01. The highest BCUT2D eigenvalue weighted by atomic mass is 127. The van der Waals surface area contributed by atoms with Crippen molar-refractivity contribution in [2.24, 2.45) is 4.99 Å². The number of hydrogen-bond donors (Lipinski definition) is 2. The standard InChI is InChI=1S/C18H32N6O2S.HI/c1-14(17-20-12-15(2)27-17)11-21-18(22-13-16(25)23(3)4)19-5-6-24-7-9-26-10-8-24;/h12,14H,5-11,13H2,1-4H3,(H2,19,21,22);1H. The first-order valence-corrected chi connectivity index (χ1v) is 10.2. The van der Waals surface area contributed by atoms with Crippen molar-refractivity contribution in [3.63, 3.8) is 0 Å². The van der Waals surface area contributed by atoms with Crippen LogP contribution in [0.25, 0.3) is 0 Å². The highest BCUT2D eigenvalue weighted by molar-refractivity contribution is 14.0. The molecule has 0 spiro atoms. The zero-order valence-electron chi connectivity index (χ0n) is 17.2. The molecule has 2 rings (SSSR count). The van der Waals surface area contributed by atoms with Crippen molar-refractivity contribution >= 4 is 47.2 Å². The van der Waals surface area contributed by atoms with Gasteiger partial charge in [-0.2, -0.15) is 0 Å². The van der Waals surface area contributed by atoms with E-state index >= 15 is 0 Å². The SMILES string of the molecule is Cc1cnc(C(C)CNC(=NCC(=O)N(C)C)NCCN2CCOCC2)s1.I. The second kappa shape index (κ2) is 13.3. The van der Waals surface area contributed by atoms with Crippen molar-refractivity contribution in [1.82, 2.24) is 25.4 Å². The van der Waals surface area contributed by atoms with Crippen LogP contribution >= 0.6 is 35.3 Å². The summed E-state index contributed by atoms with van der Waals surface area (Å²) in [6, 6.07) is 0. The van der Waals surface area contributed by atoms with Gasteiger partial charge in [-0.15, -0.1) is 35.3 Å². The first-order valence-electron chi connectivity index (χ1n) is 9.40. The van der Waals surface area contributed by atoms with Crippen LogP contribution in [0.4, 0.5) is 0 Å². The molecule has 2 heterocycles. The highest BCUT2D eigenvalue weighted by Gasteiger charge is 2.13. The molecular formula is C18H33IN6O2S. The Morgan fingerprint density at radius 2 is 2.11 bits per heavy atom. The smallest absolute Gasteiger partial charge is 0.243 e. The lowest BCUT2D eigenvalue weighted by atomic mass is 10.2. The number of guanidine groups is 1. The summed E-state index contributed by atoms with van der Waals surface area (Å²) in [5, 5.41) is 7.80. The Labute approximate surface area is 189 Å². The predicted octanol–water partition coefficient (Wildman–Crippen LogP) is 1.13. The molecule has 0 aliphatic carbocycles. The number of carbonyl (C=O) groups excluding carboxylic acids is 1. The van der Waals surface area contributed by atoms with E-state index in [4.69, 9.17) is 4.74 Å². The van der Waals surface area contributed by atoms with Crippen LogP contribution in [0.15, 0.2) is 11.2 Å². The van der Waals surface area contributed by atoms with Gasteiger partial charge < -0.3 is 20.3 Å². The van der Waals surface area contributed by atoms with Gasteiger partial charge in [0.1, 0.15) is 6.54 Å². The van der Waals surface area contributed by atoms with Crippen molar-refractivity contribution in [3.05, 3.63) is 16.1 Å². The van der Waals surface area contributed by atoms with Crippen molar-refractivity contribution in [3.8, 4) is 0 Å². The molecule has 0 bridgehead atoms. The maximum absolute atomic E-state index is 11.9. The van der Waals surface area contributed by atoms with Gasteiger partial charge in [-0.05, 0) is 6.92 Å². The van der Waals surface area contributed by atoms with Crippen molar-refractivity contribution in [2.45, 2.75) is 19.8 Å². The van der Waals surface area contributed by atoms with E-state index in [1.54, 1.807) is 30.3 Å². The molecule has 28 heavy (non-hydrogen) atoms. The summed E-state index contributed by atoms with van der Waals surface area (Å²) in [5.74, 6) is 0.922. The van der Waals surface area contributed by atoms with Crippen LogP contribution in [-0.2, 0) is 9.53 Å². The number of likely N-dealkylation sites (N-methyl/N-ethyl adjacent to an activating group) is 1. The lowest BCUT2D eigenvalue weighted by molar-refractivity contribution is -0.127. The Bertz CT molecular complexity index is 619. The van der Waals surface area contributed by atoms with Gasteiger partial charge in [-0.1, -0.05) is 6.92 Å². The fourth-order valence-electron chi connectivity index (χ4n) is 2.56. The van der Waals surface area contributed by atoms with Crippen LogP contribution in [0.5, 0.6) is 0 Å². The summed E-state index contributed by atoms with van der Waals surface area (Å²) in [6.45, 7) is 10.2. The van der Waals surface area contributed by atoms with Gasteiger partial charge in [0.25, 0.3) is 0 Å². The van der Waals surface area contributed by atoms with E-state index in [1.165, 1.54) is 4.88 Å². The van der Waals surface area contributed by atoms with E-state index in [0.29, 0.717) is 12.5 Å². The lowest BCUT2D eigenvalue weighted by Gasteiger charge is -2.27. The zero-order valence-corrected chi connectivity index (χ0v) is 20.4. The van der Waals surface area contributed by atoms with Crippen molar-refractivity contribution in [1.29, 1.82) is 0 Å². The predicted molar refractivity (Wildman–Crippen MR) is 125 cm³/mol. The number of morpholine rings is 1. The molecule has 0 aromatic carbocycles. The molecule has 8 nitrogen and oxygen atoms in total. The normalized spacial score (nSPS) is 16.2. The van der Waals surface area contributed by atoms with Gasteiger partial charge in [-0.3, -0.25) is 9.69 Å². The number of aryl methyl sites for hydroxylation is 1. The Morgan fingerprint density at radius 3 is 2.71 bits per heavy atom. The van der Waals surface area contributed by atoms with Crippen molar-refractivity contribution < 1.29 is 9.53 Å². The van der Waals surface area contributed by atoms with Gasteiger partial charge in [0.2, 0.25) is 5.91 Å². The molecule has 1 aromatic heterocycles. The van der Waals surface area contributed by atoms with Crippen LogP contribution in [0.2, 0.25) is 0 Å². The molecule has 1 aromatic rings. The first kappa shape index (κ1) is 25.1. The Hall–Kier alpha value is -0.980. The van der Waals surface area contributed by atoms with Crippen LogP contribution in [0, 0.1) is 6.92 Å². The average molecular weight is 524 g/mol. The van der Waals surface area contributed by atoms with Crippen molar-refractivity contribution in [2.75, 3.05) is 66.6 Å². The number of aliphatic imine (C=N–C) groups is 1. The number of hydrogen-bond acceptors (Lipinski definition) is 6. The monoisotopic (exact) mass is 524 g/mol. The maximum Gasteiger partial charge on any atom is 0.243 e. The quantitative estimate of drug-likeness (QED) is 0.302.